The molecule has 2 aromatic heterocycles. The summed E-state index contributed by atoms with van der Waals surface area (Å²) in [6.45, 7) is 8.77. The smallest absolute Gasteiger partial charge is 0.307 e. The van der Waals surface area contributed by atoms with Crippen molar-refractivity contribution in [2.24, 2.45) is 0 Å². The summed E-state index contributed by atoms with van der Waals surface area (Å²) in [5.74, 6) is 0.878. The summed E-state index contributed by atoms with van der Waals surface area (Å²) in [6, 6.07) is 3.96. The highest BCUT2D eigenvalue weighted by Crippen LogP contribution is 2.10. The van der Waals surface area contributed by atoms with Gasteiger partial charge in [0.05, 0.1) is 0 Å². The van der Waals surface area contributed by atoms with Crippen LogP contribution in [0.3, 0.4) is 0 Å². The second kappa shape index (κ2) is 8.63. The van der Waals surface area contributed by atoms with Gasteiger partial charge in [0.15, 0.2) is 0 Å². The summed E-state index contributed by atoms with van der Waals surface area (Å²) in [5.41, 5.74) is 1.86. The number of amides is 1. The average molecular weight is 348 g/mol. The highest BCUT2D eigenvalue weighted by atomic mass is 32.1. The van der Waals surface area contributed by atoms with Crippen LogP contribution in [0.5, 0.6) is 0 Å². The molecule has 0 aromatic carbocycles. The molecule has 2 aromatic rings. The highest BCUT2D eigenvalue weighted by Gasteiger charge is 2.07. The van der Waals surface area contributed by atoms with E-state index in [-0.39, 0.29) is 10.8 Å². The van der Waals surface area contributed by atoms with Gasteiger partial charge >= 0.3 is 4.87 Å². The molecule has 0 aliphatic rings. The number of nitrogens with zero attached hydrogens (tertiary/aromatic N) is 3. The van der Waals surface area contributed by atoms with Crippen molar-refractivity contribution in [3.63, 3.8) is 0 Å². The van der Waals surface area contributed by atoms with Crippen LogP contribution in [-0.4, -0.2) is 28.5 Å². The molecule has 0 unspecified atom stereocenters. The van der Waals surface area contributed by atoms with Gasteiger partial charge in [-0.2, -0.15) is 0 Å². The van der Waals surface area contributed by atoms with Gasteiger partial charge in [-0.25, -0.2) is 4.98 Å². The lowest BCUT2D eigenvalue weighted by molar-refractivity contribution is -0.121. The van der Waals surface area contributed by atoms with E-state index in [0.717, 1.165) is 41.5 Å². The number of rotatable bonds is 8. The van der Waals surface area contributed by atoms with E-state index in [1.807, 2.05) is 24.4 Å². The first-order valence-corrected chi connectivity index (χ1v) is 9.04. The summed E-state index contributed by atoms with van der Waals surface area (Å²) in [4.78, 5) is 30.1. The number of pyridine rings is 1. The van der Waals surface area contributed by atoms with Crippen molar-refractivity contribution in [1.82, 2.24) is 14.9 Å². The van der Waals surface area contributed by atoms with E-state index in [0.29, 0.717) is 19.5 Å². The first-order valence-electron chi connectivity index (χ1n) is 8.16. The lowest BCUT2D eigenvalue weighted by Gasteiger charge is -2.19. The standard InChI is InChI=1S/C17H24N4O2S/c1-4-20(5-2)15-7-6-14(10-18-15)11-19-16(22)8-9-21-13(3)12-24-17(21)23/h6-7,10,12H,4-5,8-9,11H2,1-3H3,(H,19,22). The molecule has 7 heteroatoms. The first kappa shape index (κ1) is 18.2. The molecule has 1 amide bonds. The summed E-state index contributed by atoms with van der Waals surface area (Å²) >= 11 is 1.16. The summed E-state index contributed by atoms with van der Waals surface area (Å²) in [6.07, 6.45) is 2.09. The van der Waals surface area contributed by atoms with E-state index in [2.05, 4.69) is 29.0 Å². The second-order valence-corrected chi connectivity index (χ2v) is 6.34. The molecular weight excluding hydrogens is 324 g/mol. The van der Waals surface area contributed by atoms with Crippen molar-refractivity contribution in [2.75, 3.05) is 18.0 Å². The number of carbonyl (C=O) groups is 1. The van der Waals surface area contributed by atoms with Gasteiger partial charge in [0, 0.05) is 49.9 Å². The number of hydrogen-bond donors (Lipinski definition) is 1. The Balaban J connectivity index is 1.82. The average Bonchev–Trinajstić information content (AvgIpc) is 2.91. The van der Waals surface area contributed by atoms with Crippen LogP contribution >= 0.6 is 11.3 Å². The quantitative estimate of drug-likeness (QED) is 0.794. The lowest BCUT2D eigenvalue weighted by Crippen LogP contribution is -2.26. The number of nitrogens with one attached hydrogen (secondary N) is 1. The van der Waals surface area contributed by atoms with Gasteiger partial charge in [-0.05, 0) is 32.4 Å². The minimum absolute atomic E-state index is 0.0171. The molecule has 24 heavy (non-hydrogen) atoms. The summed E-state index contributed by atoms with van der Waals surface area (Å²) in [7, 11) is 0. The summed E-state index contributed by atoms with van der Waals surface area (Å²) < 4.78 is 1.63. The molecule has 1 N–H and O–H groups in total. The van der Waals surface area contributed by atoms with Crippen LogP contribution < -0.4 is 15.1 Å². The molecule has 0 atom stereocenters. The van der Waals surface area contributed by atoms with E-state index in [4.69, 9.17) is 0 Å². The highest BCUT2D eigenvalue weighted by molar-refractivity contribution is 7.07. The molecule has 0 radical (unpaired) electrons. The fourth-order valence-corrected chi connectivity index (χ4v) is 3.19. The van der Waals surface area contributed by atoms with Crippen LogP contribution in [0.15, 0.2) is 28.5 Å². The number of hydrogen-bond acceptors (Lipinski definition) is 5. The third-order valence-corrected chi connectivity index (χ3v) is 4.81. The molecule has 6 nitrogen and oxygen atoms in total. The SMILES string of the molecule is CCN(CC)c1ccc(CNC(=O)CCn2c(C)csc2=O)cn1. The lowest BCUT2D eigenvalue weighted by atomic mass is 10.2. The third-order valence-electron chi connectivity index (χ3n) is 3.93. The van der Waals surface area contributed by atoms with Gasteiger partial charge in [0.1, 0.15) is 5.82 Å². The van der Waals surface area contributed by atoms with Gasteiger partial charge in [-0.3, -0.25) is 9.59 Å². The van der Waals surface area contributed by atoms with E-state index < -0.39 is 0 Å². The molecule has 0 aliphatic carbocycles. The second-order valence-electron chi connectivity index (χ2n) is 5.52. The number of aromatic nitrogens is 2. The van der Waals surface area contributed by atoms with Gasteiger partial charge in [0.2, 0.25) is 5.91 Å². The van der Waals surface area contributed by atoms with Crippen molar-refractivity contribution in [1.29, 1.82) is 0 Å². The molecule has 0 spiro atoms. The summed E-state index contributed by atoms with van der Waals surface area (Å²) in [5, 5.41) is 4.68. The van der Waals surface area contributed by atoms with E-state index in [1.165, 1.54) is 0 Å². The van der Waals surface area contributed by atoms with Gasteiger partial charge in [-0.1, -0.05) is 17.4 Å². The third kappa shape index (κ3) is 4.67. The Morgan fingerprint density at radius 1 is 1.33 bits per heavy atom. The zero-order valence-electron chi connectivity index (χ0n) is 14.4. The Kier molecular flexibility index (Phi) is 6.54. The van der Waals surface area contributed by atoms with Gasteiger partial charge in [0.25, 0.3) is 0 Å². The van der Waals surface area contributed by atoms with Crippen LogP contribution in [0.4, 0.5) is 5.82 Å². The largest absolute Gasteiger partial charge is 0.357 e. The van der Waals surface area contributed by atoms with Gasteiger partial charge in [-0.15, -0.1) is 0 Å². The minimum Gasteiger partial charge on any atom is -0.357 e. The van der Waals surface area contributed by atoms with Crippen molar-refractivity contribution >= 4 is 23.1 Å². The Hall–Kier alpha value is -2.15. The first-order chi connectivity index (χ1) is 11.5. The number of anilines is 1. The zero-order chi connectivity index (χ0) is 17.5. The number of carbonyl (C=O) groups excluding carboxylic acids is 1. The van der Waals surface area contributed by atoms with Crippen molar-refractivity contribution in [2.45, 2.75) is 40.3 Å². The van der Waals surface area contributed by atoms with Crippen molar-refractivity contribution in [3.8, 4) is 0 Å². The Labute approximate surface area is 146 Å². The normalized spacial score (nSPS) is 10.6. The van der Waals surface area contributed by atoms with E-state index in [9.17, 15) is 9.59 Å². The molecule has 130 valence electrons. The Morgan fingerprint density at radius 3 is 2.62 bits per heavy atom. The Morgan fingerprint density at radius 2 is 2.08 bits per heavy atom. The molecule has 2 heterocycles. The Bertz CT molecular complexity index is 717. The molecule has 0 aliphatic heterocycles. The fraction of sp³-hybridized carbons (Fsp3) is 0.471. The topological polar surface area (TPSA) is 67.2 Å². The number of aryl methyl sites for hydroxylation is 1. The molecular formula is C17H24N4O2S. The van der Waals surface area contributed by atoms with Crippen LogP contribution in [-0.2, 0) is 17.9 Å². The fourth-order valence-electron chi connectivity index (χ4n) is 2.43. The maximum Gasteiger partial charge on any atom is 0.307 e. The predicted molar refractivity (Wildman–Crippen MR) is 97.6 cm³/mol. The predicted octanol–water partition coefficient (Wildman–Crippen LogP) is 2.17. The maximum atomic E-state index is 12.0. The monoisotopic (exact) mass is 348 g/mol. The molecule has 0 saturated heterocycles. The molecule has 0 saturated carbocycles. The molecule has 0 fully saturated rings. The van der Waals surface area contributed by atoms with E-state index >= 15 is 0 Å². The van der Waals surface area contributed by atoms with Crippen LogP contribution in [0.2, 0.25) is 0 Å². The van der Waals surface area contributed by atoms with Crippen LogP contribution in [0.1, 0.15) is 31.5 Å². The minimum atomic E-state index is -0.0691. The molecule has 0 bridgehead atoms. The van der Waals surface area contributed by atoms with E-state index in [1.54, 1.807) is 10.8 Å². The van der Waals surface area contributed by atoms with Crippen LogP contribution in [0.25, 0.3) is 0 Å². The van der Waals surface area contributed by atoms with Crippen molar-refractivity contribution < 1.29 is 4.79 Å². The van der Waals surface area contributed by atoms with Crippen LogP contribution in [0, 0.1) is 6.92 Å². The van der Waals surface area contributed by atoms with Gasteiger partial charge < -0.3 is 14.8 Å². The zero-order valence-corrected chi connectivity index (χ0v) is 15.2. The van der Waals surface area contributed by atoms with Crippen molar-refractivity contribution in [3.05, 3.63) is 44.6 Å². The maximum absolute atomic E-state index is 12.0. The number of thiazole rings is 1. The molecule has 2 rings (SSSR count).